The molecule has 1 aromatic carbocycles. The van der Waals surface area contributed by atoms with Crippen molar-refractivity contribution in [2.24, 2.45) is 5.73 Å². The summed E-state index contributed by atoms with van der Waals surface area (Å²) in [4.78, 5) is 10.8. The first-order valence-electron chi connectivity index (χ1n) is 4.28. The molecule has 1 aromatic rings. The largest absolute Gasteiger partial charge is 0.478 e. The van der Waals surface area contributed by atoms with E-state index in [0.717, 1.165) is 12.0 Å². The normalized spacial score (nSPS) is 25.6. The quantitative estimate of drug-likeness (QED) is 0.713. The molecule has 0 heterocycles. The summed E-state index contributed by atoms with van der Waals surface area (Å²) in [7, 11) is 0. The Morgan fingerprint density at radius 3 is 2.62 bits per heavy atom. The highest BCUT2D eigenvalue weighted by molar-refractivity contribution is 5.89. The van der Waals surface area contributed by atoms with E-state index in [1.807, 2.05) is 12.1 Å². The van der Waals surface area contributed by atoms with Crippen LogP contribution in [0, 0.1) is 0 Å². The van der Waals surface area contributed by atoms with E-state index in [0.29, 0.717) is 5.56 Å². The first-order chi connectivity index (χ1) is 6.20. The summed E-state index contributed by atoms with van der Waals surface area (Å²) >= 11 is 0. The molecular formula is C10H11NO2. The summed E-state index contributed by atoms with van der Waals surface area (Å²) in [5.74, 6) is -0.609. The van der Waals surface area contributed by atoms with Crippen LogP contribution in [-0.2, 0) is 0 Å². The van der Waals surface area contributed by atoms with Gasteiger partial charge in [0, 0.05) is 12.0 Å². The van der Waals surface area contributed by atoms with Crippen molar-refractivity contribution < 1.29 is 9.90 Å². The lowest BCUT2D eigenvalue weighted by Crippen LogP contribution is -2.06. The molecule has 3 heteroatoms. The lowest BCUT2D eigenvalue weighted by atomic mass is 10.0. The Kier molecular flexibility index (Phi) is 1.81. The molecule has 0 saturated heterocycles. The zero-order valence-corrected chi connectivity index (χ0v) is 7.10. The summed E-state index contributed by atoms with van der Waals surface area (Å²) < 4.78 is 0. The maximum atomic E-state index is 10.8. The molecule has 0 aliphatic heterocycles. The van der Waals surface area contributed by atoms with Crippen LogP contribution in [0.5, 0.6) is 0 Å². The molecule has 68 valence electrons. The Bertz CT molecular complexity index is 349. The molecule has 1 fully saturated rings. The average Bonchev–Trinajstić information content (AvgIpc) is 2.82. The van der Waals surface area contributed by atoms with Crippen LogP contribution < -0.4 is 5.73 Å². The van der Waals surface area contributed by atoms with Crippen LogP contribution in [0.1, 0.15) is 28.3 Å². The van der Waals surface area contributed by atoms with Gasteiger partial charge < -0.3 is 10.8 Å². The van der Waals surface area contributed by atoms with Gasteiger partial charge in [0.1, 0.15) is 0 Å². The minimum absolute atomic E-state index is 0.153. The topological polar surface area (TPSA) is 63.3 Å². The van der Waals surface area contributed by atoms with E-state index in [-0.39, 0.29) is 12.0 Å². The fourth-order valence-electron chi connectivity index (χ4n) is 1.59. The van der Waals surface area contributed by atoms with E-state index in [1.165, 1.54) is 0 Å². The van der Waals surface area contributed by atoms with Crippen LogP contribution in [0.2, 0.25) is 0 Å². The van der Waals surface area contributed by atoms with Crippen LogP contribution in [0.4, 0.5) is 0 Å². The Hall–Kier alpha value is -1.35. The Morgan fingerprint density at radius 1 is 1.46 bits per heavy atom. The second kappa shape index (κ2) is 2.85. The van der Waals surface area contributed by atoms with Crippen LogP contribution in [-0.4, -0.2) is 17.1 Å². The van der Waals surface area contributed by atoms with Gasteiger partial charge in [-0.15, -0.1) is 0 Å². The van der Waals surface area contributed by atoms with Crippen molar-refractivity contribution in [3.05, 3.63) is 35.4 Å². The molecule has 13 heavy (non-hydrogen) atoms. The Labute approximate surface area is 76.2 Å². The SMILES string of the molecule is NC1CC1c1ccccc1C(=O)O. The van der Waals surface area contributed by atoms with Gasteiger partial charge in [-0.3, -0.25) is 0 Å². The number of carboxylic acids is 1. The zero-order valence-electron chi connectivity index (χ0n) is 7.10. The van der Waals surface area contributed by atoms with Crippen LogP contribution >= 0.6 is 0 Å². The van der Waals surface area contributed by atoms with Gasteiger partial charge in [0.15, 0.2) is 0 Å². The molecule has 0 bridgehead atoms. The number of carbonyl (C=O) groups is 1. The molecule has 1 aliphatic carbocycles. The molecule has 0 aromatic heterocycles. The van der Waals surface area contributed by atoms with Crippen molar-refractivity contribution in [1.29, 1.82) is 0 Å². The predicted molar refractivity (Wildman–Crippen MR) is 48.7 cm³/mol. The highest BCUT2D eigenvalue weighted by atomic mass is 16.4. The molecule has 0 amide bonds. The third-order valence-electron chi connectivity index (χ3n) is 2.43. The first kappa shape index (κ1) is 8.26. The second-order valence-corrected chi connectivity index (χ2v) is 3.40. The highest BCUT2D eigenvalue weighted by Crippen LogP contribution is 2.40. The third-order valence-corrected chi connectivity index (χ3v) is 2.43. The minimum Gasteiger partial charge on any atom is -0.478 e. The highest BCUT2D eigenvalue weighted by Gasteiger charge is 2.37. The summed E-state index contributed by atoms with van der Waals surface area (Å²) in [5.41, 5.74) is 6.94. The molecule has 1 saturated carbocycles. The van der Waals surface area contributed by atoms with Crippen molar-refractivity contribution in [3.63, 3.8) is 0 Å². The molecule has 0 radical (unpaired) electrons. The Balaban J connectivity index is 2.38. The fraction of sp³-hybridized carbons (Fsp3) is 0.300. The number of benzene rings is 1. The lowest BCUT2D eigenvalue weighted by Gasteiger charge is -2.03. The van der Waals surface area contributed by atoms with E-state index < -0.39 is 5.97 Å². The van der Waals surface area contributed by atoms with E-state index in [2.05, 4.69) is 0 Å². The summed E-state index contributed by atoms with van der Waals surface area (Å²) in [6.07, 6.45) is 0.907. The molecular weight excluding hydrogens is 166 g/mol. The predicted octanol–water partition coefficient (Wildman–Crippen LogP) is 1.20. The van der Waals surface area contributed by atoms with Gasteiger partial charge in [-0.25, -0.2) is 4.79 Å². The Morgan fingerprint density at radius 2 is 2.08 bits per heavy atom. The molecule has 2 atom stereocenters. The summed E-state index contributed by atoms with van der Waals surface area (Å²) in [6.45, 7) is 0. The standard InChI is InChI=1S/C10H11NO2/c11-9-5-8(9)6-3-1-2-4-7(6)10(12)13/h1-4,8-9H,5,11H2,(H,12,13). The van der Waals surface area contributed by atoms with Crippen LogP contribution in [0.3, 0.4) is 0 Å². The fourth-order valence-corrected chi connectivity index (χ4v) is 1.59. The lowest BCUT2D eigenvalue weighted by molar-refractivity contribution is 0.0695. The van der Waals surface area contributed by atoms with Crippen molar-refractivity contribution in [2.75, 3.05) is 0 Å². The summed E-state index contributed by atoms with van der Waals surface area (Å²) in [6, 6.07) is 7.22. The molecule has 0 spiro atoms. The molecule has 3 N–H and O–H groups in total. The van der Waals surface area contributed by atoms with Gasteiger partial charge in [0.25, 0.3) is 0 Å². The molecule has 3 nitrogen and oxygen atoms in total. The van der Waals surface area contributed by atoms with Crippen molar-refractivity contribution >= 4 is 5.97 Å². The third kappa shape index (κ3) is 1.42. The van der Waals surface area contributed by atoms with Gasteiger partial charge in [-0.05, 0) is 18.1 Å². The number of carboxylic acid groups (broad SMARTS) is 1. The van der Waals surface area contributed by atoms with Gasteiger partial charge in [-0.1, -0.05) is 18.2 Å². The minimum atomic E-state index is -0.866. The van der Waals surface area contributed by atoms with E-state index in [9.17, 15) is 4.79 Å². The van der Waals surface area contributed by atoms with Crippen LogP contribution in [0.15, 0.2) is 24.3 Å². The number of hydrogen-bond donors (Lipinski definition) is 2. The van der Waals surface area contributed by atoms with Gasteiger partial charge in [0.2, 0.25) is 0 Å². The maximum absolute atomic E-state index is 10.8. The van der Waals surface area contributed by atoms with E-state index in [4.69, 9.17) is 10.8 Å². The zero-order chi connectivity index (χ0) is 9.42. The van der Waals surface area contributed by atoms with Gasteiger partial charge in [-0.2, -0.15) is 0 Å². The van der Waals surface area contributed by atoms with E-state index in [1.54, 1.807) is 12.1 Å². The second-order valence-electron chi connectivity index (χ2n) is 3.40. The number of nitrogens with two attached hydrogens (primary N) is 1. The van der Waals surface area contributed by atoms with E-state index >= 15 is 0 Å². The first-order valence-corrected chi connectivity index (χ1v) is 4.28. The number of rotatable bonds is 2. The maximum Gasteiger partial charge on any atom is 0.335 e. The molecule has 2 unspecified atom stereocenters. The van der Waals surface area contributed by atoms with Crippen molar-refractivity contribution in [2.45, 2.75) is 18.4 Å². The van der Waals surface area contributed by atoms with Crippen LogP contribution in [0.25, 0.3) is 0 Å². The van der Waals surface area contributed by atoms with Gasteiger partial charge >= 0.3 is 5.97 Å². The average molecular weight is 177 g/mol. The van der Waals surface area contributed by atoms with Crippen molar-refractivity contribution in [1.82, 2.24) is 0 Å². The molecule has 1 aliphatic rings. The smallest absolute Gasteiger partial charge is 0.335 e. The van der Waals surface area contributed by atoms with Gasteiger partial charge in [0.05, 0.1) is 5.56 Å². The monoisotopic (exact) mass is 177 g/mol. The van der Waals surface area contributed by atoms with Crippen molar-refractivity contribution in [3.8, 4) is 0 Å². The summed E-state index contributed by atoms with van der Waals surface area (Å²) in [5, 5.41) is 8.89. The molecule has 2 rings (SSSR count). The number of aromatic carboxylic acids is 1. The number of hydrogen-bond acceptors (Lipinski definition) is 2.